The van der Waals surface area contributed by atoms with Crippen LogP contribution < -0.4 is 18.9 Å². The lowest BCUT2D eigenvalue weighted by Gasteiger charge is -2.17. The minimum Gasteiger partial charge on any atom is -0.480 e. The second-order valence-corrected chi connectivity index (χ2v) is 10.4. The zero-order valence-corrected chi connectivity index (χ0v) is 25.5. The average Bonchev–Trinajstić information content (AvgIpc) is 2.96. The van der Waals surface area contributed by atoms with Gasteiger partial charge in [0, 0.05) is 0 Å². The summed E-state index contributed by atoms with van der Waals surface area (Å²) in [4.78, 5) is 31.2. The van der Waals surface area contributed by atoms with Gasteiger partial charge in [-0.3, -0.25) is 9.59 Å². The van der Waals surface area contributed by atoms with Gasteiger partial charge in [-0.1, -0.05) is 36.4 Å². The molecule has 206 valence electrons. The molecule has 0 aliphatic heterocycles. The largest absolute Gasteiger partial charge is 0.480 e. The molecule has 0 aliphatic carbocycles. The van der Waals surface area contributed by atoms with Gasteiger partial charge < -0.3 is 18.9 Å². The van der Waals surface area contributed by atoms with Crippen molar-refractivity contribution < 1.29 is 28.5 Å². The van der Waals surface area contributed by atoms with E-state index in [-0.39, 0.29) is 25.0 Å². The Hall–Kier alpha value is -3.76. The molecule has 0 aliphatic rings. The minimum atomic E-state index is 0.202. The number of hydrogen-bond acceptors (Lipinski definition) is 8. The predicted octanol–water partition coefficient (Wildman–Crippen LogP) is 7.09. The smallest absolute Gasteiger partial charge is 0.231 e. The van der Waals surface area contributed by atoms with Crippen LogP contribution in [0.4, 0.5) is 0 Å². The molecule has 4 rings (SSSR count). The second kappa shape index (κ2) is 13.1. The summed E-state index contributed by atoms with van der Waals surface area (Å²) in [5, 5.41) is 0. The zero-order chi connectivity index (χ0) is 28.8. The molecular weight excluding hydrogens is 644 g/mol. The molecule has 0 saturated heterocycles. The first-order valence-corrected chi connectivity index (χ1v) is 13.7. The molecule has 0 spiro atoms. The lowest BCUT2D eigenvalue weighted by Crippen LogP contribution is -2.05. The average molecular weight is 670 g/mol. The topological polar surface area (TPSA) is 96.8 Å². The summed E-state index contributed by atoms with van der Waals surface area (Å²) >= 11 is 6.84. The number of hydrogen-bond donors (Lipinski definition) is 0. The van der Waals surface area contributed by atoms with E-state index in [9.17, 15) is 9.59 Å². The van der Waals surface area contributed by atoms with E-state index in [4.69, 9.17) is 18.9 Å². The molecule has 2 aromatic heterocycles. The van der Waals surface area contributed by atoms with Crippen LogP contribution in [-0.2, 0) is 13.2 Å². The molecule has 0 N–H and O–H groups in total. The van der Waals surface area contributed by atoms with Crippen molar-refractivity contribution in [3.8, 4) is 34.6 Å². The van der Waals surface area contributed by atoms with Crippen molar-refractivity contribution in [2.75, 3.05) is 14.2 Å². The third-order valence-corrected chi connectivity index (χ3v) is 7.56. The summed E-state index contributed by atoms with van der Waals surface area (Å²) in [6.07, 6.45) is 1.37. The van der Waals surface area contributed by atoms with Crippen molar-refractivity contribution in [1.29, 1.82) is 0 Å². The van der Waals surface area contributed by atoms with E-state index in [2.05, 4.69) is 67.8 Å². The molecule has 0 bridgehead atoms. The maximum atomic E-state index is 11.3. The van der Waals surface area contributed by atoms with Gasteiger partial charge >= 0.3 is 0 Å². The van der Waals surface area contributed by atoms with Crippen molar-refractivity contribution in [3.63, 3.8) is 0 Å². The molecule has 10 heteroatoms. The van der Waals surface area contributed by atoms with E-state index < -0.39 is 0 Å². The van der Waals surface area contributed by atoms with E-state index in [1.54, 1.807) is 12.1 Å². The molecule has 0 unspecified atom stereocenters. The molecule has 0 amide bonds. The predicted molar refractivity (Wildman–Crippen MR) is 158 cm³/mol. The first kappa shape index (κ1) is 29.2. The van der Waals surface area contributed by atoms with E-state index in [0.717, 1.165) is 33.4 Å². The van der Waals surface area contributed by atoms with E-state index in [1.807, 2.05) is 24.3 Å². The Kier molecular flexibility index (Phi) is 9.54. The quantitative estimate of drug-likeness (QED) is 0.156. The summed E-state index contributed by atoms with van der Waals surface area (Å²) in [6.45, 7) is 4.65. The number of aldehydes is 2. The molecular formula is C30H26Br2N2O6. The highest BCUT2D eigenvalue weighted by Crippen LogP contribution is 2.34. The summed E-state index contributed by atoms with van der Waals surface area (Å²) in [7, 11) is 2.91. The molecule has 4 aromatic rings. The number of carbonyl (C=O) groups excluding carboxylic acids is 2. The van der Waals surface area contributed by atoms with Gasteiger partial charge in [0.2, 0.25) is 23.5 Å². The number of carbonyl (C=O) groups is 2. The molecule has 40 heavy (non-hydrogen) atoms. The number of rotatable bonds is 11. The normalized spacial score (nSPS) is 10.7. The molecule has 0 saturated carbocycles. The second-order valence-electron chi connectivity index (χ2n) is 8.74. The van der Waals surface area contributed by atoms with Gasteiger partial charge in [-0.2, -0.15) is 9.97 Å². The van der Waals surface area contributed by atoms with Gasteiger partial charge in [0.05, 0.1) is 34.3 Å². The van der Waals surface area contributed by atoms with Crippen LogP contribution in [0.3, 0.4) is 0 Å². The van der Waals surface area contributed by atoms with Crippen molar-refractivity contribution in [3.05, 3.63) is 90.9 Å². The van der Waals surface area contributed by atoms with E-state index in [0.29, 0.717) is 44.4 Å². The third kappa shape index (κ3) is 6.18. The van der Waals surface area contributed by atoms with Crippen molar-refractivity contribution in [2.24, 2.45) is 0 Å². The highest BCUT2D eigenvalue weighted by atomic mass is 79.9. The van der Waals surface area contributed by atoms with Gasteiger partial charge in [-0.25, -0.2) is 0 Å². The summed E-state index contributed by atoms with van der Waals surface area (Å²) in [5.74, 6) is 1.07. The maximum absolute atomic E-state index is 11.3. The van der Waals surface area contributed by atoms with Crippen LogP contribution in [0.25, 0.3) is 11.1 Å². The van der Waals surface area contributed by atoms with Crippen molar-refractivity contribution in [2.45, 2.75) is 27.1 Å². The fourth-order valence-corrected chi connectivity index (χ4v) is 5.09. The lowest BCUT2D eigenvalue weighted by atomic mass is 9.92. The first-order chi connectivity index (χ1) is 19.3. The molecule has 0 radical (unpaired) electrons. The fraction of sp³-hybridized carbons (Fsp3) is 0.200. The van der Waals surface area contributed by atoms with Gasteiger partial charge in [0.25, 0.3) is 0 Å². The Bertz CT molecular complexity index is 1460. The van der Waals surface area contributed by atoms with Gasteiger partial charge in [0.15, 0.2) is 12.6 Å². The highest BCUT2D eigenvalue weighted by molar-refractivity contribution is 9.10. The van der Waals surface area contributed by atoms with Crippen molar-refractivity contribution in [1.82, 2.24) is 9.97 Å². The van der Waals surface area contributed by atoms with Crippen LogP contribution in [-0.4, -0.2) is 36.8 Å². The van der Waals surface area contributed by atoms with Crippen molar-refractivity contribution >= 4 is 44.4 Å². The van der Waals surface area contributed by atoms with Gasteiger partial charge in [0.1, 0.15) is 13.2 Å². The number of aromatic nitrogens is 2. The Morgan fingerprint density at radius 2 is 1.07 bits per heavy atom. The van der Waals surface area contributed by atoms with Gasteiger partial charge in [-0.15, -0.1) is 0 Å². The summed E-state index contributed by atoms with van der Waals surface area (Å²) in [6, 6.07) is 15.4. The summed E-state index contributed by atoms with van der Waals surface area (Å²) in [5.41, 5.74) is 6.90. The minimum absolute atomic E-state index is 0.202. The third-order valence-electron chi connectivity index (χ3n) is 6.42. The molecule has 0 fully saturated rings. The lowest BCUT2D eigenvalue weighted by molar-refractivity contribution is 0.111. The number of halogens is 2. The number of ether oxygens (including phenoxy) is 4. The Morgan fingerprint density at radius 1 is 0.675 bits per heavy atom. The number of benzene rings is 2. The zero-order valence-electron chi connectivity index (χ0n) is 22.3. The van der Waals surface area contributed by atoms with E-state index in [1.165, 1.54) is 14.2 Å². The van der Waals surface area contributed by atoms with Crippen LogP contribution in [0.1, 0.15) is 43.0 Å². The Morgan fingerprint density at radius 3 is 1.43 bits per heavy atom. The van der Waals surface area contributed by atoms with Crippen LogP contribution in [0.15, 0.2) is 57.5 Å². The standard InChI is InChI=1S/C30H26Br2N2O6/c1-17-19(15-39-29-25(31)11-21(13-35)27(33-29)37-3)7-5-9-23(17)24-10-6-8-20(18(24)2)16-40-30-26(32)12-22(14-36)28(34-30)38-4/h5-14H,15-16H2,1-4H3. The molecule has 2 aromatic carbocycles. The molecule has 8 nitrogen and oxygen atoms in total. The SMILES string of the molecule is COc1nc(OCc2cccc(-c3cccc(COc4nc(OC)c(C=O)cc4Br)c3C)c2C)c(Br)cc1C=O. The number of pyridine rings is 2. The number of nitrogens with zero attached hydrogens (tertiary/aromatic N) is 2. The van der Waals surface area contributed by atoms with Crippen LogP contribution in [0.2, 0.25) is 0 Å². The monoisotopic (exact) mass is 668 g/mol. The fourth-order valence-electron chi connectivity index (χ4n) is 4.19. The Labute approximate surface area is 248 Å². The summed E-state index contributed by atoms with van der Waals surface area (Å²) < 4.78 is 23.5. The Balaban J connectivity index is 1.57. The van der Waals surface area contributed by atoms with Crippen LogP contribution in [0, 0.1) is 13.8 Å². The highest BCUT2D eigenvalue weighted by Gasteiger charge is 2.16. The first-order valence-electron chi connectivity index (χ1n) is 12.1. The number of methoxy groups -OCH3 is 2. The van der Waals surface area contributed by atoms with Crippen LogP contribution in [0.5, 0.6) is 23.5 Å². The van der Waals surface area contributed by atoms with Gasteiger partial charge in [-0.05, 0) is 91.2 Å². The van der Waals surface area contributed by atoms with Crippen LogP contribution >= 0.6 is 31.9 Å². The molecule has 0 atom stereocenters. The molecule has 2 heterocycles. The maximum Gasteiger partial charge on any atom is 0.231 e. The van der Waals surface area contributed by atoms with E-state index >= 15 is 0 Å².